The summed E-state index contributed by atoms with van der Waals surface area (Å²) in [6, 6.07) is 24.9. The third-order valence-electron chi connectivity index (χ3n) is 7.88. The van der Waals surface area contributed by atoms with Gasteiger partial charge in [0.1, 0.15) is 0 Å². The molecule has 0 atom stereocenters. The molecule has 5 aromatic rings. The van der Waals surface area contributed by atoms with Crippen molar-refractivity contribution < 1.29 is 8.78 Å². The summed E-state index contributed by atoms with van der Waals surface area (Å²) < 4.78 is 27.0. The molecule has 0 bridgehead atoms. The summed E-state index contributed by atoms with van der Waals surface area (Å²) in [4.78, 5) is 14.6. The third-order valence-corrected chi connectivity index (χ3v) is 7.88. The second kappa shape index (κ2) is 9.97. The van der Waals surface area contributed by atoms with Crippen molar-refractivity contribution in [3.63, 3.8) is 0 Å². The maximum absolute atomic E-state index is 13.5. The van der Waals surface area contributed by atoms with Crippen LogP contribution in [-0.2, 0) is 0 Å². The first-order valence-electron chi connectivity index (χ1n) is 13.2. The molecule has 0 saturated carbocycles. The van der Waals surface area contributed by atoms with E-state index in [1.165, 1.54) is 24.5 Å². The summed E-state index contributed by atoms with van der Waals surface area (Å²) >= 11 is 0. The quantitative estimate of drug-likeness (QED) is 0.119. The molecule has 0 spiro atoms. The lowest BCUT2D eigenvalue weighted by molar-refractivity contribution is 0.583. The van der Waals surface area contributed by atoms with Gasteiger partial charge < -0.3 is 0 Å². The van der Waals surface area contributed by atoms with Gasteiger partial charge in [-0.1, -0.05) is 24.3 Å². The smallest absolute Gasteiger partial charge is 0.228 e. The summed E-state index contributed by atoms with van der Waals surface area (Å²) in [6.45, 7) is 15.5. The number of hydrogen-bond acceptors (Lipinski definition) is 4. The number of allylic oxidation sites excluding steroid dienone is 2. The highest BCUT2D eigenvalue weighted by Crippen LogP contribution is 2.54. The van der Waals surface area contributed by atoms with E-state index in [0.717, 1.165) is 33.4 Å². The van der Waals surface area contributed by atoms with Crippen LogP contribution in [0.25, 0.3) is 65.3 Å². The summed E-state index contributed by atoms with van der Waals surface area (Å²) in [5.74, 6) is -1.20. The largest absolute Gasteiger partial charge is 0.270 e. The van der Waals surface area contributed by atoms with Gasteiger partial charge in [-0.05, 0) is 104 Å². The molecular formula is C36H14F2N6. The highest BCUT2D eigenvalue weighted by molar-refractivity contribution is 6.11. The minimum absolute atomic E-state index is 0.0775. The molecule has 0 N–H and O–H groups in total. The molecule has 0 amide bonds. The average molecular weight is 569 g/mol. The van der Waals surface area contributed by atoms with Crippen LogP contribution in [0.3, 0.4) is 0 Å². The summed E-state index contributed by atoms with van der Waals surface area (Å²) in [5.41, 5.74) is 9.42. The molecule has 6 nitrogen and oxygen atoms in total. The number of halogens is 2. The number of pyridine rings is 2. The fourth-order valence-corrected chi connectivity index (χ4v) is 5.96. The zero-order valence-electron chi connectivity index (χ0n) is 22.5. The third kappa shape index (κ3) is 3.88. The predicted octanol–water partition coefficient (Wildman–Crippen LogP) is 8.45. The molecule has 2 aromatic heterocycles. The van der Waals surface area contributed by atoms with Crippen molar-refractivity contribution in [2.24, 2.45) is 0 Å². The summed E-state index contributed by atoms with van der Waals surface area (Å²) in [6.07, 6.45) is 2.85. The van der Waals surface area contributed by atoms with Gasteiger partial charge in [0.25, 0.3) is 11.4 Å². The molecule has 7 rings (SSSR count). The Morgan fingerprint density at radius 2 is 0.909 bits per heavy atom. The van der Waals surface area contributed by atoms with Crippen LogP contribution in [0.1, 0.15) is 22.3 Å². The number of nitrogens with zero attached hydrogens (tertiary/aromatic N) is 6. The molecule has 2 heterocycles. The lowest BCUT2D eigenvalue weighted by Gasteiger charge is -2.09. The molecule has 0 fully saturated rings. The standard InChI is InChI=1S/C36H14F2N6/c1-41-31(15-39)35-27-11-19(21-5-9-33(37)43-17-21)3-7-23(27)25-14-30-26(13-29(25)35)24-8-4-20(22-6-10-34(38)44-18-22)12-28(24)36(30)32(16-40)42-2/h3-14,17-18H/b35-31-,36-32+. The van der Waals surface area contributed by atoms with E-state index in [0.29, 0.717) is 44.5 Å². The van der Waals surface area contributed by atoms with Crippen molar-refractivity contribution >= 4 is 11.1 Å². The SMILES string of the molecule is [C-]#[N+]/C(C#N)=C1/c2cc(-c3ccc(F)nc3)ccc2-c2cc3c(cc21)-c1ccc(-c2ccc(F)nc2)cc1/C3=C(/C#N)[N+]#[C-]. The Kier molecular flexibility index (Phi) is 5.93. The maximum atomic E-state index is 13.5. The first-order chi connectivity index (χ1) is 21.4. The van der Waals surface area contributed by atoms with E-state index in [4.69, 9.17) is 13.1 Å². The van der Waals surface area contributed by atoms with Crippen molar-refractivity contribution in [1.82, 2.24) is 9.97 Å². The van der Waals surface area contributed by atoms with E-state index in [9.17, 15) is 19.3 Å². The average Bonchev–Trinajstić information content (AvgIpc) is 3.53. The van der Waals surface area contributed by atoms with Gasteiger partial charge in [0.2, 0.25) is 11.9 Å². The Labute approximate surface area is 250 Å². The van der Waals surface area contributed by atoms with E-state index in [2.05, 4.69) is 19.7 Å². The van der Waals surface area contributed by atoms with Crippen LogP contribution in [0.2, 0.25) is 0 Å². The van der Waals surface area contributed by atoms with Crippen LogP contribution in [-0.4, -0.2) is 9.97 Å². The van der Waals surface area contributed by atoms with Crippen LogP contribution in [0, 0.1) is 47.7 Å². The normalized spacial score (nSPS) is 14.1. The molecule has 44 heavy (non-hydrogen) atoms. The van der Waals surface area contributed by atoms with E-state index < -0.39 is 11.9 Å². The zero-order valence-corrected chi connectivity index (χ0v) is 22.5. The molecule has 0 unspecified atom stereocenters. The van der Waals surface area contributed by atoms with Crippen molar-refractivity contribution in [3.8, 4) is 56.6 Å². The molecule has 0 saturated heterocycles. The number of fused-ring (bicyclic) bond motifs is 6. The Hall–Kier alpha value is -6.74. The molecule has 202 valence electrons. The molecule has 2 aliphatic rings. The van der Waals surface area contributed by atoms with Crippen LogP contribution in [0.15, 0.2) is 96.6 Å². The first-order valence-corrected chi connectivity index (χ1v) is 13.2. The van der Waals surface area contributed by atoms with Crippen molar-refractivity contribution in [2.45, 2.75) is 0 Å². The van der Waals surface area contributed by atoms with Crippen LogP contribution >= 0.6 is 0 Å². The molecule has 3 aromatic carbocycles. The van der Waals surface area contributed by atoms with E-state index in [1.54, 1.807) is 12.1 Å². The molecule has 0 radical (unpaired) electrons. The van der Waals surface area contributed by atoms with Crippen LogP contribution < -0.4 is 0 Å². The minimum Gasteiger partial charge on any atom is -0.228 e. The monoisotopic (exact) mass is 568 g/mol. The minimum atomic E-state index is -0.598. The topological polar surface area (TPSA) is 82.1 Å². The first kappa shape index (κ1) is 26.2. The second-order valence-electron chi connectivity index (χ2n) is 10.1. The van der Waals surface area contributed by atoms with Gasteiger partial charge in [-0.25, -0.2) is 30.2 Å². The molecule has 0 aliphatic heterocycles. The Bertz CT molecular complexity index is 2120. The number of rotatable bonds is 2. The van der Waals surface area contributed by atoms with Gasteiger partial charge in [-0.15, -0.1) is 0 Å². The number of benzene rings is 3. The van der Waals surface area contributed by atoms with Gasteiger partial charge in [0.15, 0.2) is 0 Å². The van der Waals surface area contributed by atoms with Gasteiger partial charge in [-0.2, -0.15) is 8.78 Å². The van der Waals surface area contributed by atoms with E-state index in [-0.39, 0.29) is 11.4 Å². The zero-order chi connectivity index (χ0) is 30.5. The van der Waals surface area contributed by atoms with Gasteiger partial charge >= 0.3 is 0 Å². The predicted molar refractivity (Wildman–Crippen MR) is 160 cm³/mol. The number of aromatic nitrogens is 2. The number of hydrogen-bond donors (Lipinski definition) is 0. The second-order valence-corrected chi connectivity index (χ2v) is 10.1. The van der Waals surface area contributed by atoms with Gasteiger partial charge in [0, 0.05) is 34.7 Å². The maximum Gasteiger partial charge on any atom is 0.270 e. The number of nitriles is 2. The van der Waals surface area contributed by atoms with E-state index in [1.807, 2.05) is 60.7 Å². The molecule has 2 aliphatic carbocycles. The Balaban J connectivity index is 1.48. The van der Waals surface area contributed by atoms with Crippen molar-refractivity contribution in [1.29, 1.82) is 10.5 Å². The molecule has 8 heteroatoms. The van der Waals surface area contributed by atoms with Crippen molar-refractivity contribution in [3.05, 3.63) is 154 Å². The highest BCUT2D eigenvalue weighted by Gasteiger charge is 2.33. The summed E-state index contributed by atoms with van der Waals surface area (Å²) in [7, 11) is 0. The van der Waals surface area contributed by atoms with Crippen molar-refractivity contribution in [2.75, 3.05) is 0 Å². The fraction of sp³-hybridized carbons (Fsp3) is 0. The fourth-order valence-electron chi connectivity index (χ4n) is 5.96. The summed E-state index contributed by atoms with van der Waals surface area (Å²) in [5, 5.41) is 19.9. The van der Waals surface area contributed by atoms with Crippen LogP contribution in [0.5, 0.6) is 0 Å². The Morgan fingerprint density at radius 1 is 0.523 bits per heavy atom. The Morgan fingerprint density at radius 3 is 1.25 bits per heavy atom. The van der Waals surface area contributed by atoms with Crippen LogP contribution in [0.4, 0.5) is 8.78 Å². The van der Waals surface area contributed by atoms with Gasteiger partial charge in [-0.3, -0.25) is 0 Å². The van der Waals surface area contributed by atoms with E-state index >= 15 is 0 Å². The lowest BCUT2D eigenvalue weighted by atomic mass is 9.95. The van der Waals surface area contributed by atoms with Gasteiger partial charge in [0.05, 0.1) is 25.3 Å². The lowest BCUT2D eigenvalue weighted by Crippen LogP contribution is -1.90. The molecular weight excluding hydrogens is 554 g/mol. The highest BCUT2D eigenvalue weighted by atomic mass is 19.1.